The van der Waals surface area contributed by atoms with Crippen molar-refractivity contribution in [2.75, 3.05) is 14.1 Å². The van der Waals surface area contributed by atoms with E-state index in [4.69, 9.17) is 0 Å². The number of benzene rings is 2. The van der Waals surface area contributed by atoms with Crippen LogP contribution in [0.25, 0.3) is 0 Å². The van der Waals surface area contributed by atoms with E-state index in [0.717, 1.165) is 24.2 Å². The molecule has 2 aromatic rings. The molecule has 2 aromatic carbocycles. The first kappa shape index (κ1) is 18.9. The zero-order valence-corrected chi connectivity index (χ0v) is 14.6. The SMILES string of the molecule is CC(NC(=O)NCc1ccc(CN(C)C)cc1)c1ccc(F)c(F)c1. The van der Waals surface area contributed by atoms with Crippen molar-refractivity contribution in [3.8, 4) is 0 Å². The van der Waals surface area contributed by atoms with E-state index in [2.05, 4.69) is 15.5 Å². The van der Waals surface area contributed by atoms with Crippen LogP contribution in [-0.2, 0) is 13.1 Å². The highest BCUT2D eigenvalue weighted by Gasteiger charge is 2.11. The number of hydrogen-bond donors (Lipinski definition) is 2. The molecule has 0 heterocycles. The molecule has 6 heteroatoms. The minimum absolute atomic E-state index is 0.366. The van der Waals surface area contributed by atoms with Crippen molar-refractivity contribution in [1.29, 1.82) is 0 Å². The van der Waals surface area contributed by atoms with Crippen LogP contribution in [0.4, 0.5) is 13.6 Å². The average molecular weight is 347 g/mol. The number of carbonyl (C=O) groups excluding carboxylic acids is 1. The van der Waals surface area contributed by atoms with Crippen LogP contribution < -0.4 is 10.6 Å². The van der Waals surface area contributed by atoms with Gasteiger partial charge in [-0.05, 0) is 49.8 Å². The van der Waals surface area contributed by atoms with E-state index in [1.807, 2.05) is 38.4 Å². The second-order valence-corrected chi connectivity index (χ2v) is 6.28. The van der Waals surface area contributed by atoms with E-state index >= 15 is 0 Å². The van der Waals surface area contributed by atoms with Crippen LogP contribution in [0.3, 0.4) is 0 Å². The van der Waals surface area contributed by atoms with Crippen molar-refractivity contribution in [1.82, 2.24) is 15.5 Å². The molecule has 2 rings (SSSR count). The monoisotopic (exact) mass is 347 g/mol. The molecule has 0 saturated heterocycles. The fraction of sp³-hybridized carbons (Fsp3) is 0.316. The maximum Gasteiger partial charge on any atom is 0.315 e. The predicted molar refractivity (Wildman–Crippen MR) is 94.0 cm³/mol. The van der Waals surface area contributed by atoms with Gasteiger partial charge in [0.2, 0.25) is 0 Å². The smallest absolute Gasteiger partial charge is 0.315 e. The molecule has 0 aliphatic heterocycles. The Hall–Kier alpha value is -2.47. The van der Waals surface area contributed by atoms with Crippen LogP contribution in [-0.4, -0.2) is 25.0 Å². The largest absolute Gasteiger partial charge is 0.334 e. The van der Waals surface area contributed by atoms with Crippen LogP contribution >= 0.6 is 0 Å². The molecule has 134 valence electrons. The summed E-state index contributed by atoms with van der Waals surface area (Å²) in [6.45, 7) is 2.96. The van der Waals surface area contributed by atoms with Crippen LogP contribution in [0.1, 0.15) is 29.7 Å². The van der Waals surface area contributed by atoms with Crippen molar-refractivity contribution in [2.24, 2.45) is 0 Å². The summed E-state index contributed by atoms with van der Waals surface area (Å²) in [7, 11) is 4.02. The highest BCUT2D eigenvalue weighted by Crippen LogP contribution is 2.15. The molecule has 0 aliphatic rings. The van der Waals surface area contributed by atoms with Gasteiger partial charge in [-0.3, -0.25) is 0 Å². The lowest BCUT2D eigenvalue weighted by Gasteiger charge is -2.15. The highest BCUT2D eigenvalue weighted by molar-refractivity contribution is 5.74. The maximum absolute atomic E-state index is 13.3. The topological polar surface area (TPSA) is 44.4 Å². The van der Waals surface area contributed by atoms with E-state index in [0.29, 0.717) is 12.1 Å². The van der Waals surface area contributed by atoms with Crippen molar-refractivity contribution >= 4 is 6.03 Å². The number of amides is 2. The number of rotatable bonds is 6. The molecular weight excluding hydrogens is 324 g/mol. The lowest BCUT2D eigenvalue weighted by atomic mass is 10.1. The van der Waals surface area contributed by atoms with Crippen LogP contribution in [0.5, 0.6) is 0 Å². The number of nitrogens with zero attached hydrogens (tertiary/aromatic N) is 1. The molecule has 0 aromatic heterocycles. The molecule has 4 nitrogen and oxygen atoms in total. The number of nitrogens with one attached hydrogen (secondary N) is 2. The quantitative estimate of drug-likeness (QED) is 0.839. The molecule has 0 saturated carbocycles. The second kappa shape index (κ2) is 8.58. The third kappa shape index (κ3) is 5.83. The number of carbonyl (C=O) groups is 1. The average Bonchev–Trinajstić information content (AvgIpc) is 2.56. The van der Waals surface area contributed by atoms with Gasteiger partial charge in [-0.2, -0.15) is 0 Å². The first-order valence-corrected chi connectivity index (χ1v) is 8.07. The lowest BCUT2D eigenvalue weighted by Crippen LogP contribution is -2.36. The Labute approximate surface area is 146 Å². The highest BCUT2D eigenvalue weighted by atomic mass is 19.2. The fourth-order valence-electron chi connectivity index (χ4n) is 2.42. The van der Waals surface area contributed by atoms with Gasteiger partial charge in [0.05, 0.1) is 6.04 Å². The summed E-state index contributed by atoms with van der Waals surface area (Å²) in [5.41, 5.74) is 2.69. The standard InChI is InChI=1S/C19H23F2N3O/c1-13(16-8-9-17(20)18(21)10-16)23-19(25)22-11-14-4-6-15(7-5-14)12-24(2)3/h4-10,13H,11-12H2,1-3H3,(H2,22,23,25). The Morgan fingerprint density at radius 2 is 1.68 bits per heavy atom. The van der Waals surface area contributed by atoms with Gasteiger partial charge >= 0.3 is 6.03 Å². The molecule has 0 aliphatic carbocycles. The molecular formula is C19H23F2N3O. The van der Waals surface area contributed by atoms with Crippen LogP contribution in [0.15, 0.2) is 42.5 Å². The van der Waals surface area contributed by atoms with Crippen LogP contribution in [0.2, 0.25) is 0 Å². The van der Waals surface area contributed by atoms with Gasteiger partial charge in [0, 0.05) is 13.1 Å². The Morgan fingerprint density at radius 3 is 2.28 bits per heavy atom. The summed E-state index contributed by atoms with van der Waals surface area (Å²) < 4.78 is 26.2. The summed E-state index contributed by atoms with van der Waals surface area (Å²) in [4.78, 5) is 14.1. The zero-order chi connectivity index (χ0) is 18.4. The Morgan fingerprint density at radius 1 is 1.04 bits per heavy atom. The first-order chi connectivity index (χ1) is 11.8. The minimum Gasteiger partial charge on any atom is -0.334 e. The number of hydrogen-bond acceptors (Lipinski definition) is 2. The molecule has 1 unspecified atom stereocenters. The maximum atomic E-state index is 13.3. The summed E-state index contributed by atoms with van der Waals surface area (Å²) in [6.07, 6.45) is 0. The van der Waals surface area contributed by atoms with Gasteiger partial charge in [0.15, 0.2) is 11.6 Å². The van der Waals surface area contributed by atoms with Gasteiger partial charge in [0.25, 0.3) is 0 Å². The summed E-state index contributed by atoms with van der Waals surface area (Å²) in [6, 6.07) is 10.8. The molecule has 2 amide bonds. The van der Waals surface area contributed by atoms with Gasteiger partial charge in [-0.15, -0.1) is 0 Å². The molecule has 0 radical (unpaired) electrons. The normalized spacial score (nSPS) is 12.1. The van der Waals surface area contributed by atoms with E-state index < -0.39 is 17.7 Å². The van der Waals surface area contributed by atoms with Gasteiger partial charge < -0.3 is 15.5 Å². The van der Waals surface area contributed by atoms with E-state index in [-0.39, 0.29) is 6.03 Å². The summed E-state index contributed by atoms with van der Waals surface area (Å²) >= 11 is 0. The second-order valence-electron chi connectivity index (χ2n) is 6.28. The number of urea groups is 1. The Bertz CT molecular complexity index is 717. The lowest BCUT2D eigenvalue weighted by molar-refractivity contribution is 0.237. The van der Waals surface area contributed by atoms with E-state index in [1.54, 1.807) is 6.92 Å². The Kier molecular flexibility index (Phi) is 6.47. The minimum atomic E-state index is -0.927. The van der Waals surface area contributed by atoms with E-state index in [9.17, 15) is 13.6 Å². The first-order valence-electron chi connectivity index (χ1n) is 8.07. The third-order valence-electron chi connectivity index (χ3n) is 3.77. The Balaban J connectivity index is 1.84. The van der Waals surface area contributed by atoms with Gasteiger partial charge in [0.1, 0.15) is 0 Å². The van der Waals surface area contributed by atoms with Crippen molar-refractivity contribution in [2.45, 2.75) is 26.1 Å². The zero-order valence-electron chi connectivity index (χ0n) is 14.6. The van der Waals surface area contributed by atoms with Crippen LogP contribution in [0, 0.1) is 11.6 Å². The number of halogens is 2. The van der Waals surface area contributed by atoms with Gasteiger partial charge in [-0.1, -0.05) is 30.3 Å². The summed E-state index contributed by atoms with van der Waals surface area (Å²) in [5, 5.41) is 5.46. The molecule has 25 heavy (non-hydrogen) atoms. The molecule has 0 bridgehead atoms. The molecule has 0 fully saturated rings. The van der Waals surface area contributed by atoms with Gasteiger partial charge in [-0.25, -0.2) is 13.6 Å². The third-order valence-corrected chi connectivity index (χ3v) is 3.77. The predicted octanol–water partition coefficient (Wildman–Crippen LogP) is 3.59. The fourth-order valence-corrected chi connectivity index (χ4v) is 2.42. The molecule has 1 atom stereocenters. The van der Waals surface area contributed by atoms with Crippen molar-refractivity contribution in [3.05, 3.63) is 70.8 Å². The van der Waals surface area contributed by atoms with Crippen molar-refractivity contribution in [3.63, 3.8) is 0 Å². The van der Waals surface area contributed by atoms with E-state index in [1.165, 1.54) is 11.6 Å². The molecule has 0 spiro atoms. The van der Waals surface area contributed by atoms with Crippen molar-refractivity contribution < 1.29 is 13.6 Å². The summed E-state index contributed by atoms with van der Waals surface area (Å²) in [5.74, 6) is -1.83. The molecule has 2 N–H and O–H groups in total.